The molecule has 22 nitrogen and oxygen atoms in total. The van der Waals surface area contributed by atoms with Crippen molar-refractivity contribution in [2.75, 3.05) is 24.7 Å². The molecule has 0 amide bonds. The van der Waals surface area contributed by atoms with Gasteiger partial charge in [-0.1, -0.05) is 0 Å². The number of nitrogens with two attached hydrogens (primary N) is 2. The number of imidazole rings is 2. The molecule has 8 atom stereocenters. The molecule has 0 aromatic carbocycles. The smallest absolute Gasteiger partial charge is 0.386 e. The molecule has 3 saturated heterocycles. The van der Waals surface area contributed by atoms with E-state index in [0.29, 0.717) is 0 Å². The molecule has 3 fully saturated rings. The number of rotatable bonds is 2. The molecule has 7 rings (SSSR count). The average molecular weight is 659 g/mol. The highest BCUT2D eigenvalue weighted by Crippen LogP contribution is 2.58. The third-order valence-corrected chi connectivity index (χ3v) is 9.21. The van der Waals surface area contributed by atoms with Gasteiger partial charge in [0.15, 0.2) is 41.2 Å². The Labute approximate surface area is 244 Å². The van der Waals surface area contributed by atoms with Crippen LogP contribution in [0.2, 0.25) is 0 Å². The Morgan fingerprint density at radius 3 is 2.55 bits per heavy atom. The summed E-state index contributed by atoms with van der Waals surface area (Å²) in [5.41, 5.74) is 11.2. The number of phosphoric acid groups is 1. The first-order valence-corrected chi connectivity index (χ1v) is 15.9. The van der Waals surface area contributed by atoms with Gasteiger partial charge >= 0.3 is 16.0 Å². The van der Waals surface area contributed by atoms with Crippen molar-refractivity contribution in [3.05, 3.63) is 29.3 Å². The van der Waals surface area contributed by atoms with Crippen molar-refractivity contribution in [3.8, 4) is 0 Å². The van der Waals surface area contributed by atoms with Gasteiger partial charge in [0, 0.05) is 6.42 Å². The topological polar surface area (TPSA) is 313 Å². The minimum absolute atomic E-state index is 0.00529. The zero-order valence-corrected chi connectivity index (χ0v) is 23.9. The van der Waals surface area contributed by atoms with Crippen molar-refractivity contribution in [2.24, 2.45) is 0 Å². The first-order valence-electron chi connectivity index (χ1n) is 12.9. The molecule has 3 aliphatic rings. The number of aliphatic hydroxyl groups is 1. The Morgan fingerprint density at radius 1 is 1.00 bits per heavy atom. The molecule has 7 heterocycles. The molecule has 0 saturated carbocycles. The molecule has 4 aromatic heterocycles. The number of hydrogen-bond acceptors (Lipinski definition) is 18. The van der Waals surface area contributed by atoms with Crippen LogP contribution in [0.25, 0.3) is 22.3 Å². The summed E-state index contributed by atoms with van der Waals surface area (Å²) in [7, 11) is -9.58. The van der Waals surface area contributed by atoms with Crippen molar-refractivity contribution in [1.29, 1.82) is 0 Å². The van der Waals surface area contributed by atoms with E-state index in [0.717, 1.165) is 0 Å². The molecule has 24 heteroatoms. The fraction of sp³-hybridized carbons (Fsp3) is 0.500. The van der Waals surface area contributed by atoms with Gasteiger partial charge in [-0.25, -0.2) is 24.5 Å². The fourth-order valence-electron chi connectivity index (χ4n) is 5.30. The van der Waals surface area contributed by atoms with E-state index in [1.54, 1.807) is 0 Å². The van der Waals surface area contributed by atoms with Crippen LogP contribution in [0.4, 0.5) is 11.8 Å². The Bertz CT molecular complexity index is 1830. The van der Waals surface area contributed by atoms with Crippen LogP contribution in [0.15, 0.2) is 23.8 Å². The van der Waals surface area contributed by atoms with Crippen molar-refractivity contribution in [3.63, 3.8) is 0 Å². The van der Waals surface area contributed by atoms with E-state index in [4.69, 9.17) is 39.0 Å². The number of aromatic nitrogens is 8. The number of aliphatic hydroxyl groups excluding tert-OH is 1. The zero-order valence-electron chi connectivity index (χ0n) is 22.1. The highest BCUT2D eigenvalue weighted by molar-refractivity contribution is 7.54. The Morgan fingerprint density at radius 2 is 1.75 bits per heavy atom. The van der Waals surface area contributed by atoms with E-state index in [9.17, 15) is 29.1 Å². The van der Waals surface area contributed by atoms with Gasteiger partial charge in [0.2, 0.25) is 5.95 Å². The standard InChI is InChI=1S/C20H24N10O12P2/c21-14-10-15(24-4-23-14)29(5-25-10)19-12(31)13-9(40-19)3-38-43(33,34)41-8-1-7(2-37-44(35,36)42-13)39-18(8)30-6-26-11-16(30)27-20(22)28-17(11)32/h4-9,12-13,18-19,31,33-34H,1-3H2,(H5-,21,22,23,24,27,28,32,35,36)/p+1. The van der Waals surface area contributed by atoms with Crippen LogP contribution < -0.4 is 17.0 Å². The number of phosphoric ester groups is 1. The number of hydrogen-bond donors (Lipinski definition) is 7. The molecule has 4 aromatic rings. The lowest BCUT2D eigenvalue weighted by Gasteiger charge is -2.24. The molecule has 3 aliphatic heterocycles. The molecule has 0 aliphatic carbocycles. The Hall–Kier alpha value is -3.24. The summed E-state index contributed by atoms with van der Waals surface area (Å²) >= 11 is 0. The Kier molecular flexibility index (Phi) is 7.16. The molecule has 0 radical (unpaired) electrons. The van der Waals surface area contributed by atoms with E-state index in [-0.39, 0.29) is 40.5 Å². The van der Waals surface area contributed by atoms with E-state index >= 15 is 0 Å². The van der Waals surface area contributed by atoms with Crippen LogP contribution in [0.3, 0.4) is 0 Å². The lowest BCUT2D eigenvalue weighted by molar-refractivity contribution is -0.0716. The summed E-state index contributed by atoms with van der Waals surface area (Å²) in [5, 5.41) is 11.1. The van der Waals surface area contributed by atoms with Gasteiger partial charge in [0.25, 0.3) is 5.56 Å². The third-order valence-electron chi connectivity index (χ3n) is 7.20. The lowest BCUT2D eigenvalue weighted by Crippen LogP contribution is -2.36. The van der Waals surface area contributed by atoms with Crippen molar-refractivity contribution in [1.82, 2.24) is 39.0 Å². The number of H-pyrrole nitrogens is 1. The number of ether oxygens (including phenoxy) is 2. The molecule has 0 spiro atoms. The van der Waals surface area contributed by atoms with Gasteiger partial charge in [-0.3, -0.25) is 28.0 Å². The lowest BCUT2D eigenvalue weighted by atomic mass is 10.1. The minimum atomic E-state index is -4.91. The summed E-state index contributed by atoms with van der Waals surface area (Å²) in [6, 6.07) is 0. The van der Waals surface area contributed by atoms with Gasteiger partial charge in [-0.2, -0.15) is 19.3 Å². The summed E-state index contributed by atoms with van der Waals surface area (Å²) in [6.07, 6.45) is -5.64. The number of nitrogens with zero attached hydrogens (tertiary/aromatic N) is 7. The molecule has 44 heavy (non-hydrogen) atoms. The summed E-state index contributed by atoms with van der Waals surface area (Å²) in [5.74, 6) is -0.144. The van der Waals surface area contributed by atoms with Crippen LogP contribution in [-0.2, 0) is 32.1 Å². The quantitative estimate of drug-likeness (QED) is 0.117. The zero-order chi connectivity index (χ0) is 31.0. The van der Waals surface area contributed by atoms with Crippen LogP contribution in [0, 0.1) is 0 Å². The number of anilines is 2. The normalized spacial score (nSPS) is 34.4. The number of nitrogens with one attached hydrogen (secondary N) is 1. The number of fused-ring (bicyclic) bond motifs is 5. The first-order chi connectivity index (χ1) is 20.9. The van der Waals surface area contributed by atoms with Gasteiger partial charge in [-0.05, 0) is 0 Å². The van der Waals surface area contributed by atoms with Gasteiger partial charge in [-0.15, -0.1) is 4.52 Å². The summed E-state index contributed by atoms with van der Waals surface area (Å²) in [6.45, 7) is -1.22. The highest BCUT2D eigenvalue weighted by Gasteiger charge is 2.55. The molecule has 9 N–H and O–H groups in total. The first kappa shape index (κ1) is 29.5. The van der Waals surface area contributed by atoms with Crippen LogP contribution in [0.5, 0.6) is 0 Å². The van der Waals surface area contributed by atoms with E-state index in [1.807, 2.05) is 0 Å². The maximum atomic E-state index is 13.0. The van der Waals surface area contributed by atoms with E-state index in [2.05, 4.69) is 29.9 Å². The SMILES string of the molecule is Nc1nc2c(ncn2C2OC3COP(=O)(O)OC4C(CO[P+](O)(O)OC2C3)OC(n2cnc3c(N)ncnc32)C4O)c(=O)[nH]1. The summed E-state index contributed by atoms with van der Waals surface area (Å²) in [4.78, 5) is 66.9. The van der Waals surface area contributed by atoms with Crippen molar-refractivity contribution in [2.45, 2.75) is 49.4 Å². The second-order valence-electron chi connectivity index (χ2n) is 10.1. The number of aromatic amines is 1. The van der Waals surface area contributed by atoms with Crippen LogP contribution in [0.1, 0.15) is 18.9 Å². The monoisotopic (exact) mass is 659 g/mol. The van der Waals surface area contributed by atoms with Gasteiger partial charge in [0.1, 0.15) is 36.8 Å². The van der Waals surface area contributed by atoms with Crippen molar-refractivity contribution >= 4 is 50.1 Å². The average Bonchev–Trinajstić information content (AvgIpc) is 3.72. The molecule has 8 unspecified atom stereocenters. The van der Waals surface area contributed by atoms with E-state index in [1.165, 1.54) is 28.1 Å². The predicted molar refractivity (Wildman–Crippen MR) is 144 cm³/mol. The second kappa shape index (κ2) is 10.7. The van der Waals surface area contributed by atoms with Gasteiger partial charge < -0.3 is 30.9 Å². The van der Waals surface area contributed by atoms with Crippen LogP contribution >= 0.6 is 16.0 Å². The van der Waals surface area contributed by atoms with Gasteiger partial charge in [0.05, 0.1) is 25.4 Å². The maximum absolute atomic E-state index is 13.0. The largest absolute Gasteiger partial charge is 0.570 e. The fourth-order valence-corrected chi connectivity index (χ4v) is 7.23. The maximum Gasteiger partial charge on any atom is 0.570 e. The molecular weight excluding hydrogens is 634 g/mol. The van der Waals surface area contributed by atoms with E-state index < -0.39 is 77.7 Å². The third kappa shape index (κ3) is 5.23. The molecular formula is C20H25N10O12P2+. The minimum Gasteiger partial charge on any atom is -0.386 e. The van der Waals surface area contributed by atoms with Crippen LogP contribution in [-0.4, -0.2) is 103 Å². The molecule has 236 valence electrons. The Balaban J connectivity index is 1.18. The predicted octanol–water partition coefficient (Wildman–Crippen LogP) is -1.75. The molecule has 2 bridgehead atoms. The van der Waals surface area contributed by atoms with Crippen molar-refractivity contribution < 1.29 is 51.9 Å². The highest BCUT2D eigenvalue weighted by atomic mass is 31.2. The number of nitrogen functional groups attached to an aromatic ring is 2. The second-order valence-corrected chi connectivity index (χ2v) is 12.9. The summed E-state index contributed by atoms with van der Waals surface area (Å²) < 4.78 is 48.9.